The maximum Gasteiger partial charge on any atom is 0.146 e. The second kappa shape index (κ2) is 6.48. The summed E-state index contributed by atoms with van der Waals surface area (Å²) in [6, 6.07) is 0. The third-order valence-corrected chi connectivity index (χ3v) is 4.69. The van der Waals surface area contributed by atoms with E-state index in [-0.39, 0.29) is 6.10 Å². The van der Waals surface area contributed by atoms with Crippen molar-refractivity contribution >= 4 is 34.2 Å². The number of nitrogens with zero attached hydrogens (tertiary/aromatic N) is 2. The van der Waals surface area contributed by atoms with E-state index in [9.17, 15) is 0 Å². The van der Waals surface area contributed by atoms with Gasteiger partial charge in [0.1, 0.15) is 11.0 Å². The van der Waals surface area contributed by atoms with Crippen LogP contribution in [-0.2, 0) is 17.6 Å². The summed E-state index contributed by atoms with van der Waals surface area (Å²) in [6.07, 6.45) is 4.24. The van der Waals surface area contributed by atoms with Gasteiger partial charge in [-0.1, -0.05) is 25.4 Å². The largest absolute Gasteiger partial charge is 0.378 e. The highest BCUT2D eigenvalue weighted by molar-refractivity contribution is 14.1. The maximum absolute atomic E-state index is 6.19. The van der Waals surface area contributed by atoms with Gasteiger partial charge in [-0.15, -0.1) is 0 Å². The van der Waals surface area contributed by atoms with Crippen molar-refractivity contribution in [3.63, 3.8) is 0 Å². The summed E-state index contributed by atoms with van der Waals surface area (Å²) >= 11 is 8.42. The highest BCUT2D eigenvalue weighted by atomic mass is 127. The predicted molar refractivity (Wildman–Crippen MR) is 81.0 cm³/mol. The van der Waals surface area contributed by atoms with Gasteiger partial charge in [-0.2, -0.15) is 0 Å². The van der Waals surface area contributed by atoms with Crippen LogP contribution in [0.15, 0.2) is 0 Å². The molecule has 1 saturated heterocycles. The minimum atomic E-state index is 0.271. The van der Waals surface area contributed by atoms with E-state index in [1.807, 2.05) is 0 Å². The van der Waals surface area contributed by atoms with E-state index in [0.29, 0.717) is 11.1 Å². The zero-order chi connectivity index (χ0) is 13.1. The second-order valence-corrected chi connectivity index (χ2v) is 6.57. The number of hydrogen-bond acceptors (Lipinski definition) is 3. The van der Waals surface area contributed by atoms with Crippen LogP contribution in [0.5, 0.6) is 0 Å². The lowest BCUT2D eigenvalue weighted by Gasteiger charge is -2.12. The van der Waals surface area contributed by atoms with Crippen LogP contribution in [-0.4, -0.2) is 22.7 Å². The number of hydrogen-bond donors (Lipinski definition) is 0. The molecule has 0 saturated carbocycles. The lowest BCUT2D eigenvalue weighted by Crippen LogP contribution is -2.14. The molecule has 1 aliphatic heterocycles. The summed E-state index contributed by atoms with van der Waals surface area (Å²) in [6.45, 7) is 5.24. The van der Waals surface area contributed by atoms with Crippen molar-refractivity contribution < 1.29 is 4.74 Å². The first-order valence-corrected chi connectivity index (χ1v) is 7.84. The summed E-state index contributed by atoms with van der Waals surface area (Å²) in [5.74, 6) is 1.39. The van der Waals surface area contributed by atoms with Crippen LogP contribution in [0.1, 0.15) is 38.2 Å². The van der Waals surface area contributed by atoms with Gasteiger partial charge in [0.05, 0.1) is 15.4 Å². The van der Waals surface area contributed by atoms with Crippen molar-refractivity contribution in [2.45, 2.75) is 45.6 Å². The first kappa shape index (κ1) is 14.5. The number of rotatable bonds is 4. The lowest BCUT2D eigenvalue weighted by atomic mass is 10.1. The first-order chi connectivity index (χ1) is 8.56. The van der Waals surface area contributed by atoms with Crippen molar-refractivity contribution in [2.24, 2.45) is 5.92 Å². The van der Waals surface area contributed by atoms with Crippen molar-refractivity contribution in [3.8, 4) is 0 Å². The van der Waals surface area contributed by atoms with Gasteiger partial charge in [0.15, 0.2) is 0 Å². The molecule has 0 aromatic carbocycles. The Labute approximate surface area is 127 Å². The molecule has 3 nitrogen and oxygen atoms in total. The average Bonchev–Trinajstić information content (AvgIpc) is 2.77. The van der Waals surface area contributed by atoms with Crippen molar-refractivity contribution in [2.75, 3.05) is 6.61 Å². The Morgan fingerprint density at radius 3 is 2.83 bits per heavy atom. The summed E-state index contributed by atoms with van der Waals surface area (Å²) < 4.78 is 6.61. The SMILES string of the molecule is CC(C)Cc1nc(CC2CCCO2)nc(Cl)c1I. The Kier molecular flexibility index (Phi) is 5.21. The number of halogens is 2. The average molecular weight is 381 g/mol. The van der Waals surface area contributed by atoms with E-state index in [1.165, 1.54) is 0 Å². The molecule has 1 fully saturated rings. The molecule has 1 atom stereocenters. The van der Waals surface area contributed by atoms with Crippen LogP contribution < -0.4 is 0 Å². The first-order valence-electron chi connectivity index (χ1n) is 6.38. The van der Waals surface area contributed by atoms with Gasteiger partial charge in [0, 0.05) is 13.0 Å². The predicted octanol–water partition coefficient (Wildman–Crippen LogP) is 3.65. The summed E-state index contributed by atoms with van der Waals surface area (Å²) in [4.78, 5) is 9.02. The van der Waals surface area contributed by atoms with Gasteiger partial charge in [-0.25, -0.2) is 9.97 Å². The molecule has 0 spiro atoms. The van der Waals surface area contributed by atoms with Gasteiger partial charge in [-0.3, -0.25) is 0 Å². The molecule has 1 aromatic heterocycles. The topological polar surface area (TPSA) is 35.0 Å². The highest BCUT2D eigenvalue weighted by Gasteiger charge is 2.19. The van der Waals surface area contributed by atoms with Crippen LogP contribution in [0.25, 0.3) is 0 Å². The van der Waals surface area contributed by atoms with Gasteiger partial charge in [-0.05, 0) is 47.8 Å². The van der Waals surface area contributed by atoms with E-state index in [2.05, 4.69) is 46.4 Å². The van der Waals surface area contributed by atoms with E-state index < -0.39 is 0 Å². The number of ether oxygens (including phenoxy) is 1. The van der Waals surface area contributed by atoms with Crippen molar-refractivity contribution in [1.82, 2.24) is 9.97 Å². The quantitative estimate of drug-likeness (QED) is 0.591. The molecule has 100 valence electrons. The molecule has 2 rings (SSSR count). The van der Waals surface area contributed by atoms with Crippen LogP contribution >= 0.6 is 34.2 Å². The Morgan fingerprint density at radius 1 is 1.44 bits per heavy atom. The molecule has 18 heavy (non-hydrogen) atoms. The minimum Gasteiger partial charge on any atom is -0.378 e. The van der Waals surface area contributed by atoms with Crippen LogP contribution in [0.2, 0.25) is 5.15 Å². The smallest absolute Gasteiger partial charge is 0.146 e. The van der Waals surface area contributed by atoms with E-state index in [1.54, 1.807) is 0 Å². The zero-order valence-electron chi connectivity index (χ0n) is 10.7. The Balaban J connectivity index is 2.17. The van der Waals surface area contributed by atoms with Gasteiger partial charge < -0.3 is 4.74 Å². The minimum absolute atomic E-state index is 0.271. The molecule has 5 heteroatoms. The van der Waals surface area contributed by atoms with E-state index >= 15 is 0 Å². The number of aromatic nitrogens is 2. The molecule has 0 aliphatic carbocycles. The van der Waals surface area contributed by atoms with Crippen LogP contribution in [0.4, 0.5) is 0 Å². The molecular weight excluding hydrogens is 363 g/mol. The Bertz CT molecular complexity index is 420. The second-order valence-electron chi connectivity index (χ2n) is 5.13. The molecule has 0 N–H and O–H groups in total. The monoisotopic (exact) mass is 380 g/mol. The van der Waals surface area contributed by atoms with Crippen molar-refractivity contribution in [1.29, 1.82) is 0 Å². The Hall–Kier alpha value is 0.0600. The Morgan fingerprint density at radius 2 is 2.22 bits per heavy atom. The summed E-state index contributed by atoms with van der Waals surface area (Å²) in [5, 5.41) is 0.578. The van der Waals surface area contributed by atoms with Gasteiger partial charge >= 0.3 is 0 Å². The third kappa shape index (κ3) is 3.78. The molecule has 0 radical (unpaired) electrons. The standard InChI is InChI=1S/C13H18ClIN2O/c1-8(2)6-10-12(15)13(14)17-11(16-10)7-9-4-3-5-18-9/h8-9H,3-7H2,1-2H3. The summed E-state index contributed by atoms with van der Waals surface area (Å²) in [5.41, 5.74) is 1.07. The molecule has 1 unspecified atom stereocenters. The molecule has 0 bridgehead atoms. The molecule has 1 aromatic rings. The molecular formula is C13H18ClIN2O. The lowest BCUT2D eigenvalue weighted by molar-refractivity contribution is 0.110. The maximum atomic E-state index is 6.19. The normalized spacial score (nSPS) is 19.7. The third-order valence-electron chi connectivity index (χ3n) is 2.96. The van der Waals surface area contributed by atoms with E-state index in [4.69, 9.17) is 16.3 Å². The van der Waals surface area contributed by atoms with Gasteiger partial charge in [0.2, 0.25) is 0 Å². The van der Waals surface area contributed by atoms with Crippen LogP contribution in [0, 0.1) is 9.49 Å². The summed E-state index contributed by atoms with van der Waals surface area (Å²) in [7, 11) is 0. The molecule has 2 heterocycles. The molecule has 1 aliphatic rings. The van der Waals surface area contributed by atoms with E-state index in [0.717, 1.165) is 47.4 Å². The van der Waals surface area contributed by atoms with Crippen molar-refractivity contribution in [3.05, 3.63) is 20.2 Å². The fourth-order valence-corrected chi connectivity index (χ4v) is 2.80. The fraction of sp³-hybridized carbons (Fsp3) is 0.692. The fourth-order valence-electron chi connectivity index (χ4n) is 2.13. The zero-order valence-corrected chi connectivity index (χ0v) is 13.7. The van der Waals surface area contributed by atoms with Crippen LogP contribution in [0.3, 0.4) is 0 Å². The highest BCUT2D eigenvalue weighted by Crippen LogP contribution is 2.23. The van der Waals surface area contributed by atoms with Gasteiger partial charge in [0.25, 0.3) is 0 Å². The molecule has 0 amide bonds.